The zero-order chi connectivity index (χ0) is 18.1. The summed E-state index contributed by atoms with van der Waals surface area (Å²) in [4.78, 5) is 31.4. The largest absolute Gasteiger partial charge is 0.325 e. The van der Waals surface area contributed by atoms with Gasteiger partial charge in [0.2, 0.25) is 0 Å². The maximum atomic E-state index is 13.0. The van der Waals surface area contributed by atoms with E-state index in [1.54, 1.807) is 18.3 Å². The van der Waals surface area contributed by atoms with Crippen LogP contribution in [0.4, 0.5) is 4.79 Å². The molecule has 0 spiro atoms. The highest BCUT2D eigenvalue weighted by molar-refractivity contribution is 7.09. The van der Waals surface area contributed by atoms with Gasteiger partial charge in [0.25, 0.3) is 5.91 Å². The molecule has 6 heteroatoms. The van der Waals surface area contributed by atoms with Crippen LogP contribution in [0, 0.1) is 0 Å². The molecule has 1 atom stereocenters. The number of benzene rings is 1. The van der Waals surface area contributed by atoms with Crippen molar-refractivity contribution in [3.05, 3.63) is 52.0 Å². The van der Waals surface area contributed by atoms with Gasteiger partial charge in [-0.1, -0.05) is 49.6 Å². The summed E-state index contributed by atoms with van der Waals surface area (Å²) in [5.41, 5.74) is 0.582. The second kappa shape index (κ2) is 6.83. The van der Waals surface area contributed by atoms with E-state index in [0.717, 1.165) is 16.3 Å². The topological polar surface area (TPSA) is 62.3 Å². The molecule has 1 saturated carbocycles. The van der Waals surface area contributed by atoms with E-state index in [2.05, 4.69) is 5.32 Å². The third kappa shape index (κ3) is 3.03. The van der Waals surface area contributed by atoms with Gasteiger partial charge >= 0.3 is 6.03 Å². The van der Waals surface area contributed by atoms with Crippen molar-refractivity contribution < 1.29 is 9.59 Å². The summed E-state index contributed by atoms with van der Waals surface area (Å²) < 4.78 is 0. The third-order valence-corrected chi connectivity index (χ3v) is 6.53. The van der Waals surface area contributed by atoms with Crippen molar-refractivity contribution in [3.63, 3.8) is 0 Å². The SMILES string of the molecule is C[C@]1(c2ccccc2)NC(=O)N(Cc2csc(C3CCCCC3)n2)C1=O. The summed E-state index contributed by atoms with van der Waals surface area (Å²) in [6.07, 6.45) is 6.24. The molecule has 1 aromatic carbocycles. The highest BCUT2D eigenvalue weighted by atomic mass is 32.1. The van der Waals surface area contributed by atoms with Crippen LogP contribution in [-0.2, 0) is 16.9 Å². The van der Waals surface area contributed by atoms with E-state index >= 15 is 0 Å². The Morgan fingerprint density at radius 3 is 2.65 bits per heavy atom. The van der Waals surface area contributed by atoms with E-state index in [1.165, 1.54) is 37.0 Å². The number of imide groups is 1. The fourth-order valence-electron chi connectivity index (χ4n) is 3.90. The summed E-state index contributed by atoms with van der Waals surface area (Å²) in [6, 6.07) is 9.03. The molecule has 1 saturated heterocycles. The van der Waals surface area contributed by atoms with Crippen molar-refractivity contribution in [1.29, 1.82) is 0 Å². The van der Waals surface area contributed by atoms with E-state index in [1.807, 2.05) is 35.7 Å². The number of thiazole rings is 1. The van der Waals surface area contributed by atoms with Crippen molar-refractivity contribution in [2.75, 3.05) is 0 Å². The molecule has 1 N–H and O–H groups in total. The molecule has 2 aliphatic rings. The zero-order valence-electron chi connectivity index (χ0n) is 14.9. The van der Waals surface area contributed by atoms with E-state index < -0.39 is 5.54 Å². The maximum Gasteiger partial charge on any atom is 0.325 e. The molecule has 2 fully saturated rings. The van der Waals surface area contributed by atoms with Crippen LogP contribution >= 0.6 is 11.3 Å². The van der Waals surface area contributed by atoms with Crippen molar-refractivity contribution in [2.45, 2.75) is 57.0 Å². The van der Waals surface area contributed by atoms with Gasteiger partial charge in [-0.25, -0.2) is 9.78 Å². The third-order valence-electron chi connectivity index (χ3n) is 5.47. The van der Waals surface area contributed by atoms with Crippen molar-refractivity contribution in [2.24, 2.45) is 0 Å². The Morgan fingerprint density at radius 2 is 1.92 bits per heavy atom. The van der Waals surface area contributed by atoms with Crippen molar-refractivity contribution >= 4 is 23.3 Å². The lowest BCUT2D eigenvalue weighted by molar-refractivity contribution is -0.131. The first-order chi connectivity index (χ1) is 12.6. The standard InChI is InChI=1S/C20H23N3O2S/c1-20(15-10-6-3-7-11-15)18(24)23(19(25)22-20)12-16-13-26-17(21-16)14-8-4-2-5-9-14/h3,6-7,10-11,13-14H,2,4-5,8-9,12H2,1H3,(H,22,25)/t20-/m1/s1. The Kier molecular flexibility index (Phi) is 4.53. The monoisotopic (exact) mass is 369 g/mol. The van der Waals surface area contributed by atoms with Crippen LogP contribution in [0.3, 0.4) is 0 Å². The Morgan fingerprint density at radius 1 is 1.19 bits per heavy atom. The normalized spacial score (nSPS) is 24.1. The first-order valence-corrected chi connectivity index (χ1v) is 10.1. The molecule has 1 aliphatic heterocycles. The van der Waals surface area contributed by atoms with Crippen LogP contribution in [0.15, 0.2) is 35.7 Å². The van der Waals surface area contributed by atoms with E-state index in [4.69, 9.17) is 4.98 Å². The van der Waals surface area contributed by atoms with Gasteiger partial charge < -0.3 is 5.32 Å². The first kappa shape index (κ1) is 17.2. The quantitative estimate of drug-likeness (QED) is 0.823. The number of aromatic nitrogens is 1. The number of nitrogens with one attached hydrogen (secondary N) is 1. The van der Waals surface area contributed by atoms with Crippen LogP contribution in [0.2, 0.25) is 0 Å². The minimum atomic E-state index is -1.01. The van der Waals surface area contributed by atoms with Crippen LogP contribution in [-0.4, -0.2) is 21.8 Å². The van der Waals surface area contributed by atoms with E-state index in [9.17, 15) is 9.59 Å². The Bertz CT molecular complexity index is 813. The smallest absolute Gasteiger partial charge is 0.319 e. The number of hydrogen-bond donors (Lipinski definition) is 1. The maximum absolute atomic E-state index is 13.0. The first-order valence-electron chi connectivity index (χ1n) is 9.22. The van der Waals surface area contributed by atoms with Gasteiger partial charge in [-0.05, 0) is 25.3 Å². The fourth-order valence-corrected chi connectivity index (χ4v) is 4.88. The average molecular weight is 369 g/mol. The Labute approximate surface area is 157 Å². The predicted octanol–water partition coefficient (Wildman–Crippen LogP) is 4.16. The van der Waals surface area contributed by atoms with E-state index in [0.29, 0.717) is 5.92 Å². The number of rotatable bonds is 4. The molecular weight excluding hydrogens is 346 g/mol. The summed E-state index contributed by atoms with van der Waals surface area (Å²) in [5, 5.41) is 5.99. The lowest BCUT2D eigenvalue weighted by Gasteiger charge is -2.22. The average Bonchev–Trinajstić information content (AvgIpc) is 3.23. The fraction of sp³-hybridized carbons (Fsp3) is 0.450. The molecule has 5 nitrogen and oxygen atoms in total. The van der Waals surface area contributed by atoms with Gasteiger partial charge in [0.05, 0.1) is 17.2 Å². The molecule has 0 unspecified atom stereocenters. The molecule has 3 amide bonds. The number of carbonyl (C=O) groups is 2. The molecule has 0 radical (unpaired) electrons. The molecule has 136 valence electrons. The molecular formula is C20H23N3O2S. The summed E-state index contributed by atoms with van der Waals surface area (Å²) >= 11 is 1.66. The van der Waals surface area contributed by atoms with Gasteiger partial charge in [0.1, 0.15) is 5.54 Å². The van der Waals surface area contributed by atoms with Gasteiger partial charge in [-0.15, -0.1) is 11.3 Å². The molecule has 1 aromatic heterocycles. The van der Waals surface area contributed by atoms with Gasteiger partial charge in [0.15, 0.2) is 0 Å². The number of hydrogen-bond acceptors (Lipinski definition) is 4. The lowest BCUT2D eigenvalue weighted by atomic mass is 9.90. The highest BCUT2D eigenvalue weighted by Crippen LogP contribution is 2.35. The lowest BCUT2D eigenvalue weighted by Crippen LogP contribution is -2.40. The number of nitrogens with zero attached hydrogens (tertiary/aromatic N) is 2. The van der Waals surface area contributed by atoms with Crippen LogP contribution in [0.5, 0.6) is 0 Å². The van der Waals surface area contributed by atoms with Gasteiger partial charge in [-0.2, -0.15) is 0 Å². The Hall–Kier alpha value is -2.21. The van der Waals surface area contributed by atoms with E-state index in [-0.39, 0.29) is 18.5 Å². The number of urea groups is 1. The summed E-state index contributed by atoms with van der Waals surface area (Å²) in [5.74, 6) is 0.320. The van der Waals surface area contributed by atoms with Crippen LogP contribution in [0.1, 0.15) is 61.2 Å². The van der Waals surface area contributed by atoms with Gasteiger partial charge in [-0.3, -0.25) is 9.69 Å². The number of carbonyl (C=O) groups excluding carboxylic acids is 2. The summed E-state index contributed by atoms with van der Waals surface area (Å²) in [7, 11) is 0. The second-order valence-electron chi connectivity index (χ2n) is 7.32. The molecule has 0 bridgehead atoms. The van der Waals surface area contributed by atoms with Crippen molar-refractivity contribution in [1.82, 2.24) is 15.2 Å². The molecule has 26 heavy (non-hydrogen) atoms. The highest BCUT2D eigenvalue weighted by Gasteiger charge is 2.49. The second-order valence-corrected chi connectivity index (χ2v) is 8.21. The minimum absolute atomic E-state index is 0.221. The minimum Gasteiger partial charge on any atom is -0.319 e. The van der Waals surface area contributed by atoms with Gasteiger partial charge in [0, 0.05) is 11.3 Å². The summed E-state index contributed by atoms with van der Waals surface area (Å²) in [6.45, 7) is 1.99. The molecule has 2 aromatic rings. The van der Waals surface area contributed by atoms with Crippen LogP contribution in [0.25, 0.3) is 0 Å². The molecule has 4 rings (SSSR count). The molecule has 2 heterocycles. The zero-order valence-corrected chi connectivity index (χ0v) is 15.7. The predicted molar refractivity (Wildman–Crippen MR) is 101 cm³/mol. The Balaban J connectivity index is 1.51. The van der Waals surface area contributed by atoms with Crippen molar-refractivity contribution in [3.8, 4) is 0 Å². The van der Waals surface area contributed by atoms with Crippen LogP contribution < -0.4 is 5.32 Å². The molecule has 1 aliphatic carbocycles. The number of amides is 3.